The van der Waals surface area contributed by atoms with E-state index in [4.69, 9.17) is 11.5 Å². The maximum atomic E-state index is 12.1. The molecule has 0 saturated heterocycles. The van der Waals surface area contributed by atoms with E-state index in [1.807, 2.05) is 36.4 Å². The smallest absolute Gasteiger partial charge is 0.325 e. The van der Waals surface area contributed by atoms with Crippen LogP contribution in [0.5, 0.6) is 0 Å². The number of nitrogens with one attached hydrogen (secondary N) is 2. The fourth-order valence-electron chi connectivity index (χ4n) is 2.17. The van der Waals surface area contributed by atoms with E-state index >= 15 is 0 Å². The molecular formula is C17H17N7OS. The average Bonchev–Trinajstić information content (AvgIpc) is 3.02. The highest BCUT2D eigenvalue weighted by Crippen LogP contribution is 2.25. The van der Waals surface area contributed by atoms with E-state index in [2.05, 4.69) is 25.8 Å². The van der Waals surface area contributed by atoms with Gasteiger partial charge in [0.1, 0.15) is 0 Å². The summed E-state index contributed by atoms with van der Waals surface area (Å²) >= 11 is 1.42. The molecule has 0 saturated carbocycles. The summed E-state index contributed by atoms with van der Waals surface area (Å²) in [6, 6.07) is 14.5. The van der Waals surface area contributed by atoms with Crippen molar-refractivity contribution >= 4 is 50.1 Å². The molecule has 0 aliphatic heterocycles. The summed E-state index contributed by atoms with van der Waals surface area (Å²) in [5, 5.41) is 13.6. The summed E-state index contributed by atoms with van der Waals surface area (Å²) in [6.07, 6.45) is 0. The Bertz CT molecular complexity index is 955. The van der Waals surface area contributed by atoms with Crippen molar-refractivity contribution in [3.05, 3.63) is 54.1 Å². The summed E-state index contributed by atoms with van der Waals surface area (Å²) in [5.41, 5.74) is 13.5. The molecule has 0 spiro atoms. The van der Waals surface area contributed by atoms with Crippen LogP contribution in [-0.4, -0.2) is 22.7 Å². The monoisotopic (exact) mass is 367 g/mol. The number of rotatable bonds is 4. The first-order valence-electron chi connectivity index (χ1n) is 7.68. The van der Waals surface area contributed by atoms with Crippen LogP contribution in [0.25, 0.3) is 10.2 Å². The molecule has 9 heteroatoms. The van der Waals surface area contributed by atoms with Gasteiger partial charge in [-0.15, -0.1) is 5.10 Å². The fourth-order valence-corrected chi connectivity index (χ4v) is 3.03. The second kappa shape index (κ2) is 7.62. The van der Waals surface area contributed by atoms with Crippen LogP contribution in [0.1, 0.15) is 12.5 Å². The van der Waals surface area contributed by atoms with Crippen molar-refractivity contribution in [3.8, 4) is 0 Å². The second-order valence-corrected chi connectivity index (χ2v) is 6.38. The molecule has 1 aromatic heterocycles. The molecule has 2 aromatic carbocycles. The van der Waals surface area contributed by atoms with Crippen LogP contribution < -0.4 is 22.1 Å². The molecule has 0 bridgehead atoms. The second-order valence-electron chi connectivity index (χ2n) is 5.35. The normalized spacial score (nSPS) is 11.2. The van der Waals surface area contributed by atoms with Crippen molar-refractivity contribution in [3.63, 3.8) is 0 Å². The molecule has 3 rings (SSSR count). The van der Waals surface area contributed by atoms with Crippen molar-refractivity contribution in [1.29, 1.82) is 0 Å². The molecule has 0 fully saturated rings. The SMILES string of the molecule is C/C(=N\N=C(N)N)c1ccc(NC(=O)Nc2nc3ccccc3s2)cc1. The molecular weight excluding hydrogens is 350 g/mol. The van der Waals surface area contributed by atoms with Gasteiger partial charge in [-0.3, -0.25) is 5.32 Å². The molecule has 3 aromatic rings. The summed E-state index contributed by atoms with van der Waals surface area (Å²) in [6.45, 7) is 1.79. The van der Waals surface area contributed by atoms with E-state index < -0.39 is 0 Å². The van der Waals surface area contributed by atoms with Gasteiger partial charge < -0.3 is 16.8 Å². The minimum Gasteiger partial charge on any atom is -0.369 e. The van der Waals surface area contributed by atoms with Crippen molar-refractivity contribution in [2.75, 3.05) is 10.6 Å². The van der Waals surface area contributed by atoms with Crippen LogP contribution in [0.4, 0.5) is 15.6 Å². The molecule has 8 nitrogen and oxygen atoms in total. The number of para-hydroxylation sites is 1. The van der Waals surface area contributed by atoms with Gasteiger partial charge in [0, 0.05) is 5.69 Å². The number of aromatic nitrogens is 1. The lowest BCUT2D eigenvalue weighted by Crippen LogP contribution is -2.22. The molecule has 2 amide bonds. The number of nitrogens with zero attached hydrogens (tertiary/aromatic N) is 3. The Labute approximate surface area is 153 Å². The Hall–Kier alpha value is -3.46. The first kappa shape index (κ1) is 17.4. The zero-order valence-electron chi connectivity index (χ0n) is 13.9. The van der Waals surface area contributed by atoms with Gasteiger partial charge in [0.15, 0.2) is 5.13 Å². The molecule has 26 heavy (non-hydrogen) atoms. The van der Waals surface area contributed by atoms with Crippen LogP contribution in [0.2, 0.25) is 0 Å². The summed E-state index contributed by atoms with van der Waals surface area (Å²) in [7, 11) is 0. The number of carbonyl (C=O) groups is 1. The number of urea groups is 1. The first-order valence-corrected chi connectivity index (χ1v) is 8.50. The lowest BCUT2D eigenvalue weighted by molar-refractivity contribution is 0.262. The third kappa shape index (κ3) is 4.33. The van der Waals surface area contributed by atoms with Crippen molar-refractivity contribution in [2.45, 2.75) is 6.92 Å². The van der Waals surface area contributed by atoms with Crippen molar-refractivity contribution in [2.24, 2.45) is 21.7 Å². The zero-order valence-corrected chi connectivity index (χ0v) is 14.7. The Morgan fingerprint density at radius 1 is 1.04 bits per heavy atom. The highest BCUT2D eigenvalue weighted by Gasteiger charge is 2.08. The Kier molecular flexibility index (Phi) is 5.09. The number of fused-ring (bicyclic) bond motifs is 1. The molecule has 6 N–H and O–H groups in total. The van der Waals surface area contributed by atoms with Gasteiger partial charge in [-0.1, -0.05) is 35.6 Å². The molecule has 0 aliphatic carbocycles. The van der Waals surface area contributed by atoms with Gasteiger partial charge in [-0.05, 0) is 36.8 Å². The molecule has 0 radical (unpaired) electrons. The summed E-state index contributed by atoms with van der Waals surface area (Å²) in [5.74, 6) is -0.103. The van der Waals surface area contributed by atoms with Gasteiger partial charge in [0.2, 0.25) is 5.96 Å². The van der Waals surface area contributed by atoms with Gasteiger partial charge in [-0.2, -0.15) is 5.10 Å². The minimum atomic E-state index is -0.359. The van der Waals surface area contributed by atoms with E-state index in [9.17, 15) is 4.79 Å². The Morgan fingerprint density at radius 3 is 2.46 bits per heavy atom. The number of carbonyl (C=O) groups excluding carboxylic acids is 1. The van der Waals surface area contributed by atoms with E-state index in [1.54, 1.807) is 19.1 Å². The third-order valence-electron chi connectivity index (χ3n) is 3.39. The fraction of sp³-hybridized carbons (Fsp3) is 0.0588. The van der Waals surface area contributed by atoms with E-state index in [1.165, 1.54) is 11.3 Å². The standard InChI is InChI=1S/C17H17N7OS/c1-10(23-24-15(18)19)11-6-8-12(9-7-11)20-16(25)22-17-21-13-4-2-3-5-14(13)26-17/h2-9H,1H3,(H4,18,19,24)(H2,20,21,22,25)/b23-10+. The first-order chi connectivity index (χ1) is 12.5. The van der Waals surface area contributed by atoms with Crippen molar-refractivity contribution in [1.82, 2.24) is 4.98 Å². The number of anilines is 2. The number of hydrogen-bond donors (Lipinski definition) is 4. The molecule has 0 aliphatic rings. The van der Waals surface area contributed by atoms with Gasteiger partial charge in [-0.25, -0.2) is 9.78 Å². The van der Waals surface area contributed by atoms with Gasteiger partial charge in [0.25, 0.3) is 0 Å². The average molecular weight is 367 g/mol. The molecule has 0 unspecified atom stereocenters. The maximum Gasteiger partial charge on any atom is 0.325 e. The van der Waals surface area contributed by atoms with E-state index in [0.717, 1.165) is 15.8 Å². The topological polar surface area (TPSA) is 131 Å². The van der Waals surface area contributed by atoms with Crippen LogP contribution in [0.15, 0.2) is 58.7 Å². The number of hydrogen-bond acceptors (Lipinski definition) is 5. The highest BCUT2D eigenvalue weighted by atomic mass is 32.1. The number of thiazole rings is 1. The van der Waals surface area contributed by atoms with Crippen LogP contribution in [-0.2, 0) is 0 Å². The van der Waals surface area contributed by atoms with Gasteiger partial charge in [0.05, 0.1) is 15.9 Å². The number of benzene rings is 2. The molecule has 1 heterocycles. The van der Waals surface area contributed by atoms with Crippen LogP contribution in [0, 0.1) is 0 Å². The number of guanidine groups is 1. The predicted octanol–water partition coefficient (Wildman–Crippen LogP) is 2.94. The molecule has 0 atom stereocenters. The number of amides is 2. The van der Waals surface area contributed by atoms with E-state index in [-0.39, 0.29) is 12.0 Å². The van der Waals surface area contributed by atoms with Crippen LogP contribution in [0.3, 0.4) is 0 Å². The Morgan fingerprint density at radius 2 is 1.77 bits per heavy atom. The lowest BCUT2D eigenvalue weighted by Gasteiger charge is -2.06. The number of nitrogens with two attached hydrogens (primary N) is 2. The van der Waals surface area contributed by atoms with Crippen LogP contribution >= 0.6 is 11.3 Å². The highest BCUT2D eigenvalue weighted by molar-refractivity contribution is 7.22. The molecule has 132 valence electrons. The lowest BCUT2D eigenvalue weighted by atomic mass is 10.1. The van der Waals surface area contributed by atoms with Gasteiger partial charge >= 0.3 is 6.03 Å². The van der Waals surface area contributed by atoms with Crippen molar-refractivity contribution < 1.29 is 4.79 Å². The quantitative estimate of drug-likeness (QED) is 0.321. The predicted molar refractivity (Wildman–Crippen MR) is 107 cm³/mol. The van der Waals surface area contributed by atoms with E-state index in [0.29, 0.717) is 16.5 Å². The summed E-state index contributed by atoms with van der Waals surface area (Å²) in [4.78, 5) is 16.5. The third-order valence-corrected chi connectivity index (χ3v) is 4.34. The summed E-state index contributed by atoms with van der Waals surface area (Å²) < 4.78 is 1.02. The maximum absolute atomic E-state index is 12.1. The largest absolute Gasteiger partial charge is 0.369 e. The Balaban J connectivity index is 1.64. The minimum absolute atomic E-state index is 0.103. The zero-order chi connectivity index (χ0) is 18.5.